The lowest BCUT2D eigenvalue weighted by molar-refractivity contribution is 0.411. The van der Waals surface area contributed by atoms with Crippen molar-refractivity contribution in [3.8, 4) is 5.75 Å². The van der Waals surface area contributed by atoms with Gasteiger partial charge in [-0.05, 0) is 64.8 Å². The highest BCUT2D eigenvalue weighted by Gasteiger charge is 2.31. The van der Waals surface area contributed by atoms with Crippen LogP contribution in [0.1, 0.15) is 24.3 Å². The lowest BCUT2D eigenvalue weighted by atomic mass is 9.94. The van der Waals surface area contributed by atoms with Crippen molar-refractivity contribution in [1.82, 2.24) is 0 Å². The van der Waals surface area contributed by atoms with Crippen LogP contribution in [0.4, 0.5) is 0 Å². The summed E-state index contributed by atoms with van der Waals surface area (Å²) in [5, 5.41) is 0. The van der Waals surface area contributed by atoms with E-state index in [4.69, 9.17) is 10.5 Å². The zero-order valence-electron chi connectivity index (χ0n) is 8.87. The van der Waals surface area contributed by atoms with Gasteiger partial charge in [0.2, 0.25) is 0 Å². The van der Waals surface area contributed by atoms with Crippen LogP contribution in [0.2, 0.25) is 0 Å². The van der Waals surface area contributed by atoms with E-state index in [0.717, 1.165) is 22.7 Å². The number of benzene rings is 1. The fourth-order valence-corrected chi connectivity index (χ4v) is 2.57. The topological polar surface area (TPSA) is 35.2 Å². The SMILES string of the molecule is COc1ccc(C(CN)C2CC2)cc1Br. The van der Waals surface area contributed by atoms with Crippen molar-refractivity contribution in [2.75, 3.05) is 13.7 Å². The molecule has 2 nitrogen and oxygen atoms in total. The lowest BCUT2D eigenvalue weighted by Gasteiger charge is -2.15. The molecule has 0 saturated heterocycles. The summed E-state index contributed by atoms with van der Waals surface area (Å²) >= 11 is 3.51. The maximum Gasteiger partial charge on any atom is 0.133 e. The Morgan fingerprint density at radius 3 is 2.73 bits per heavy atom. The Morgan fingerprint density at radius 2 is 2.27 bits per heavy atom. The van der Waals surface area contributed by atoms with E-state index in [1.54, 1.807) is 7.11 Å². The van der Waals surface area contributed by atoms with Gasteiger partial charge in [0.25, 0.3) is 0 Å². The second kappa shape index (κ2) is 4.54. The number of hydrogen-bond donors (Lipinski definition) is 1. The minimum atomic E-state index is 0.521. The fourth-order valence-electron chi connectivity index (χ4n) is 2.01. The van der Waals surface area contributed by atoms with Gasteiger partial charge in [-0.2, -0.15) is 0 Å². The van der Waals surface area contributed by atoms with E-state index < -0.39 is 0 Å². The molecule has 3 heteroatoms. The van der Waals surface area contributed by atoms with E-state index in [1.165, 1.54) is 18.4 Å². The Hall–Kier alpha value is -0.540. The van der Waals surface area contributed by atoms with Gasteiger partial charge in [-0.25, -0.2) is 0 Å². The third-order valence-corrected chi connectivity index (χ3v) is 3.67. The quantitative estimate of drug-likeness (QED) is 0.913. The molecule has 1 fully saturated rings. The highest BCUT2D eigenvalue weighted by atomic mass is 79.9. The predicted molar refractivity (Wildman–Crippen MR) is 65.2 cm³/mol. The summed E-state index contributed by atoms with van der Waals surface area (Å²) in [6, 6.07) is 6.26. The first-order valence-corrected chi connectivity index (χ1v) is 6.09. The first-order valence-electron chi connectivity index (χ1n) is 5.29. The summed E-state index contributed by atoms with van der Waals surface area (Å²) in [5.41, 5.74) is 7.15. The monoisotopic (exact) mass is 269 g/mol. The van der Waals surface area contributed by atoms with E-state index in [-0.39, 0.29) is 0 Å². The van der Waals surface area contributed by atoms with Gasteiger partial charge >= 0.3 is 0 Å². The third-order valence-electron chi connectivity index (χ3n) is 3.05. The summed E-state index contributed by atoms with van der Waals surface area (Å²) in [6.45, 7) is 0.740. The van der Waals surface area contributed by atoms with E-state index in [1.807, 2.05) is 6.07 Å². The van der Waals surface area contributed by atoms with Crippen molar-refractivity contribution in [2.45, 2.75) is 18.8 Å². The molecule has 2 N–H and O–H groups in total. The van der Waals surface area contributed by atoms with Crippen LogP contribution < -0.4 is 10.5 Å². The van der Waals surface area contributed by atoms with Gasteiger partial charge < -0.3 is 10.5 Å². The molecule has 82 valence electrons. The number of hydrogen-bond acceptors (Lipinski definition) is 2. The van der Waals surface area contributed by atoms with Crippen LogP contribution in [-0.2, 0) is 0 Å². The van der Waals surface area contributed by atoms with Gasteiger partial charge in [-0.1, -0.05) is 6.07 Å². The van der Waals surface area contributed by atoms with Gasteiger partial charge in [0.15, 0.2) is 0 Å². The predicted octanol–water partition coefficient (Wildman–Crippen LogP) is 2.91. The van der Waals surface area contributed by atoms with E-state index in [2.05, 4.69) is 28.1 Å². The van der Waals surface area contributed by atoms with Crippen LogP contribution in [0.15, 0.2) is 22.7 Å². The Kier molecular flexibility index (Phi) is 3.32. The van der Waals surface area contributed by atoms with Crippen molar-refractivity contribution in [3.05, 3.63) is 28.2 Å². The molecule has 0 amide bonds. The molecule has 0 spiro atoms. The molecule has 0 aromatic heterocycles. The zero-order chi connectivity index (χ0) is 10.8. The summed E-state index contributed by atoms with van der Waals surface area (Å²) < 4.78 is 6.23. The number of methoxy groups -OCH3 is 1. The maximum atomic E-state index is 5.82. The molecule has 1 saturated carbocycles. The van der Waals surface area contributed by atoms with Gasteiger partial charge in [-0.15, -0.1) is 0 Å². The minimum absolute atomic E-state index is 0.521. The molecule has 0 bridgehead atoms. The van der Waals surface area contributed by atoms with Crippen LogP contribution in [-0.4, -0.2) is 13.7 Å². The first-order chi connectivity index (χ1) is 7.26. The van der Waals surface area contributed by atoms with Crippen molar-refractivity contribution in [1.29, 1.82) is 0 Å². The average Bonchev–Trinajstić information content (AvgIpc) is 3.03. The van der Waals surface area contributed by atoms with E-state index in [9.17, 15) is 0 Å². The van der Waals surface area contributed by atoms with Gasteiger partial charge in [0.1, 0.15) is 5.75 Å². The van der Waals surface area contributed by atoms with Crippen molar-refractivity contribution >= 4 is 15.9 Å². The number of rotatable bonds is 4. The average molecular weight is 270 g/mol. The van der Waals surface area contributed by atoms with Crippen molar-refractivity contribution < 1.29 is 4.74 Å². The Morgan fingerprint density at radius 1 is 1.53 bits per heavy atom. The molecule has 2 rings (SSSR count). The van der Waals surface area contributed by atoms with Crippen LogP contribution in [0.5, 0.6) is 5.75 Å². The summed E-state index contributed by atoms with van der Waals surface area (Å²) in [6.07, 6.45) is 2.65. The normalized spacial score (nSPS) is 17.5. The van der Waals surface area contributed by atoms with E-state index in [0.29, 0.717) is 5.92 Å². The fraction of sp³-hybridized carbons (Fsp3) is 0.500. The lowest BCUT2D eigenvalue weighted by Crippen LogP contribution is -2.14. The van der Waals surface area contributed by atoms with Gasteiger partial charge in [-0.3, -0.25) is 0 Å². The Balaban J connectivity index is 2.23. The van der Waals surface area contributed by atoms with Gasteiger partial charge in [0, 0.05) is 0 Å². The Labute approximate surface area is 98.9 Å². The molecular weight excluding hydrogens is 254 g/mol. The third kappa shape index (κ3) is 2.34. The van der Waals surface area contributed by atoms with Gasteiger partial charge in [0.05, 0.1) is 11.6 Å². The molecule has 1 unspecified atom stereocenters. The molecule has 1 atom stereocenters. The summed E-state index contributed by atoms with van der Waals surface area (Å²) in [4.78, 5) is 0. The van der Waals surface area contributed by atoms with Crippen LogP contribution in [0.25, 0.3) is 0 Å². The smallest absolute Gasteiger partial charge is 0.133 e. The molecule has 0 heterocycles. The minimum Gasteiger partial charge on any atom is -0.496 e. The van der Waals surface area contributed by atoms with E-state index >= 15 is 0 Å². The van der Waals surface area contributed by atoms with Crippen molar-refractivity contribution in [3.63, 3.8) is 0 Å². The highest BCUT2D eigenvalue weighted by molar-refractivity contribution is 9.10. The number of halogens is 1. The molecule has 0 aliphatic heterocycles. The standard InChI is InChI=1S/C12H16BrNO/c1-15-12-5-4-9(6-11(12)13)10(7-14)8-2-3-8/h4-6,8,10H,2-3,7,14H2,1H3. The van der Waals surface area contributed by atoms with Crippen molar-refractivity contribution in [2.24, 2.45) is 11.7 Å². The molecule has 1 aromatic rings. The highest BCUT2D eigenvalue weighted by Crippen LogP contribution is 2.43. The zero-order valence-corrected chi connectivity index (χ0v) is 10.5. The Bertz CT molecular complexity index is 349. The molecule has 15 heavy (non-hydrogen) atoms. The maximum absolute atomic E-state index is 5.82. The molecule has 0 radical (unpaired) electrons. The first kappa shape index (κ1) is 11.0. The molecule has 1 aliphatic rings. The second-order valence-corrected chi connectivity index (χ2v) is 4.93. The molecule has 1 aromatic carbocycles. The summed E-state index contributed by atoms with van der Waals surface area (Å²) in [5.74, 6) is 2.20. The number of ether oxygens (including phenoxy) is 1. The van der Waals surface area contributed by atoms with Crippen LogP contribution in [0, 0.1) is 5.92 Å². The van der Waals surface area contributed by atoms with Crippen LogP contribution >= 0.6 is 15.9 Å². The molecular formula is C12H16BrNO. The number of nitrogens with two attached hydrogens (primary N) is 1. The van der Waals surface area contributed by atoms with Crippen LogP contribution in [0.3, 0.4) is 0 Å². The summed E-state index contributed by atoms with van der Waals surface area (Å²) in [7, 11) is 1.68. The molecule has 1 aliphatic carbocycles. The largest absolute Gasteiger partial charge is 0.496 e. The second-order valence-electron chi connectivity index (χ2n) is 4.07.